The molecule has 0 bridgehead atoms. The zero-order valence-corrected chi connectivity index (χ0v) is 10.7. The van der Waals surface area contributed by atoms with Crippen molar-refractivity contribution >= 4 is 11.6 Å². The summed E-state index contributed by atoms with van der Waals surface area (Å²) in [6.45, 7) is 0.237. The van der Waals surface area contributed by atoms with Crippen LogP contribution < -0.4 is 11.1 Å². The number of nitrogens with two attached hydrogens (primary N) is 1. The molecule has 100 valence electrons. The Morgan fingerprint density at radius 3 is 2.80 bits per heavy atom. The number of rotatable bonds is 4. The number of anilines is 1. The van der Waals surface area contributed by atoms with Crippen LogP contribution in [0.1, 0.15) is 21.5 Å². The van der Waals surface area contributed by atoms with Crippen molar-refractivity contribution in [1.29, 1.82) is 0 Å². The van der Waals surface area contributed by atoms with Gasteiger partial charge in [0.1, 0.15) is 5.82 Å². The van der Waals surface area contributed by atoms with Crippen molar-refractivity contribution in [3.63, 3.8) is 0 Å². The molecule has 0 aliphatic carbocycles. The first-order valence-electron chi connectivity index (χ1n) is 5.99. The van der Waals surface area contributed by atoms with Crippen molar-refractivity contribution in [3.8, 4) is 12.3 Å². The summed E-state index contributed by atoms with van der Waals surface area (Å²) in [5, 5.41) is 3.05. The molecule has 0 unspecified atom stereocenters. The number of nitrogens with one attached hydrogen (secondary N) is 1. The van der Waals surface area contributed by atoms with Gasteiger partial charge in [0.25, 0.3) is 0 Å². The van der Waals surface area contributed by atoms with E-state index >= 15 is 0 Å². The van der Waals surface area contributed by atoms with Crippen LogP contribution in [-0.4, -0.2) is 5.91 Å². The molecular formula is C16H13FN2O. The molecule has 4 heteroatoms. The maximum Gasteiger partial charge on any atom is 0.248 e. The summed E-state index contributed by atoms with van der Waals surface area (Å²) in [6.07, 6.45) is 5.31. The van der Waals surface area contributed by atoms with Gasteiger partial charge in [-0.2, -0.15) is 0 Å². The fourth-order valence-electron chi connectivity index (χ4n) is 1.78. The number of amides is 1. The number of carbonyl (C=O) groups is 1. The monoisotopic (exact) mass is 268 g/mol. The van der Waals surface area contributed by atoms with Crippen LogP contribution in [0.4, 0.5) is 10.1 Å². The van der Waals surface area contributed by atoms with Gasteiger partial charge in [0, 0.05) is 28.9 Å². The van der Waals surface area contributed by atoms with Crippen molar-refractivity contribution in [2.75, 3.05) is 5.32 Å². The molecule has 0 atom stereocenters. The van der Waals surface area contributed by atoms with Gasteiger partial charge in [-0.3, -0.25) is 4.79 Å². The molecule has 0 spiro atoms. The third-order valence-electron chi connectivity index (χ3n) is 2.84. The predicted octanol–water partition coefficient (Wildman–Crippen LogP) is 2.52. The van der Waals surface area contributed by atoms with Gasteiger partial charge in [-0.1, -0.05) is 12.0 Å². The third-order valence-corrected chi connectivity index (χ3v) is 2.84. The number of halogens is 1. The lowest BCUT2D eigenvalue weighted by Crippen LogP contribution is -2.12. The highest BCUT2D eigenvalue weighted by Crippen LogP contribution is 2.15. The van der Waals surface area contributed by atoms with Gasteiger partial charge in [-0.25, -0.2) is 4.39 Å². The Bertz CT molecular complexity index is 689. The minimum atomic E-state index is -0.583. The number of terminal acetylenes is 1. The molecule has 0 heterocycles. The molecule has 0 aromatic heterocycles. The van der Waals surface area contributed by atoms with Crippen LogP contribution >= 0.6 is 0 Å². The van der Waals surface area contributed by atoms with E-state index in [-0.39, 0.29) is 12.1 Å². The number of primary amides is 1. The molecule has 0 saturated heterocycles. The largest absolute Gasteiger partial charge is 0.381 e. The maximum absolute atomic E-state index is 13.7. The quantitative estimate of drug-likeness (QED) is 0.837. The lowest BCUT2D eigenvalue weighted by Gasteiger charge is -2.09. The fourth-order valence-corrected chi connectivity index (χ4v) is 1.78. The van der Waals surface area contributed by atoms with Gasteiger partial charge in [0.2, 0.25) is 5.91 Å². The van der Waals surface area contributed by atoms with Crippen molar-refractivity contribution < 1.29 is 9.18 Å². The average Bonchev–Trinajstić information content (AvgIpc) is 2.46. The molecule has 3 N–H and O–H groups in total. The number of hydrogen-bond acceptors (Lipinski definition) is 2. The zero-order valence-electron chi connectivity index (χ0n) is 10.7. The van der Waals surface area contributed by atoms with Crippen LogP contribution in [0.15, 0.2) is 42.5 Å². The minimum absolute atomic E-state index is 0.237. The topological polar surface area (TPSA) is 55.1 Å². The standard InChI is InChI=1S/C16H13FN2O/c1-2-11-4-3-5-14(8-11)19-10-13-9-12(16(18)20)6-7-15(13)17/h1,3-9,19H,10H2,(H2,18,20). The Morgan fingerprint density at radius 2 is 2.10 bits per heavy atom. The maximum atomic E-state index is 13.7. The molecule has 0 aliphatic rings. The molecule has 0 radical (unpaired) electrons. The van der Waals surface area contributed by atoms with Crippen LogP contribution in [0, 0.1) is 18.2 Å². The van der Waals surface area contributed by atoms with E-state index in [1.54, 1.807) is 12.1 Å². The molecule has 3 nitrogen and oxygen atoms in total. The molecule has 2 aromatic carbocycles. The van der Waals surface area contributed by atoms with E-state index in [1.165, 1.54) is 18.2 Å². The van der Waals surface area contributed by atoms with Crippen LogP contribution in [0.3, 0.4) is 0 Å². The highest BCUT2D eigenvalue weighted by Gasteiger charge is 2.07. The third kappa shape index (κ3) is 3.15. The summed E-state index contributed by atoms with van der Waals surface area (Å²) >= 11 is 0. The summed E-state index contributed by atoms with van der Waals surface area (Å²) in [5.74, 6) is 1.55. The SMILES string of the molecule is C#Cc1cccc(NCc2cc(C(N)=O)ccc2F)c1. The van der Waals surface area contributed by atoms with E-state index in [0.29, 0.717) is 5.56 Å². The Labute approximate surface area is 116 Å². The van der Waals surface area contributed by atoms with Crippen molar-refractivity contribution in [2.45, 2.75) is 6.54 Å². The molecule has 0 saturated carbocycles. The van der Waals surface area contributed by atoms with Crippen molar-refractivity contribution in [3.05, 3.63) is 65.0 Å². The number of benzene rings is 2. The Morgan fingerprint density at radius 1 is 1.30 bits per heavy atom. The first-order chi connectivity index (χ1) is 9.60. The molecular weight excluding hydrogens is 255 g/mol. The fraction of sp³-hybridized carbons (Fsp3) is 0.0625. The first kappa shape index (κ1) is 13.6. The van der Waals surface area contributed by atoms with Crippen molar-refractivity contribution in [1.82, 2.24) is 0 Å². The van der Waals surface area contributed by atoms with Crippen LogP contribution in [0.25, 0.3) is 0 Å². The summed E-state index contributed by atoms with van der Waals surface area (Å²) < 4.78 is 13.7. The second-order valence-corrected chi connectivity index (χ2v) is 4.25. The summed E-state index contributed by atoms with van der Waals surface area (Å²) in [7, 11) is 0. The number of carbonyl (C=O) groups excluding carboxylic acids is 1. The smallest absolute Gasteiger partial charge is 0.248 e. The Kier molecular flexibility index (Phi) is 4.02. The summed E-state index contributed by atoms with van der Waals surface area (Å²) in [5.41, 5.74) is 7.34. The first-order valence-corrected chi connectivity index (χ1v) is 5.99. The predicted molar refractivity (Wildman–Crippen MR) is 76.6 cm³/mol. The van der Waals surface area contributed by atoms with Gasteiger partial charge in [-0.15, -0.1) is 6.42 Å². The van der Waals surface area contributed by atoms with Crippen LogP contribution in [0.5, 0.6) is 0 Å². The molecule has 0 fully saturated rings. The van der Waals surface area contributed by atoms with E-state index < -0.39 is 11.7 Å². The van der Waals surface area contributed by atoms with Crippen LogP contribution in [-0.2, 0) is 6.54 Å². The second-order valence-electron chi connectivity index (χ2n) is 4.25. The lowest BCUT2D eigenvalue weighted by molar-refractivity contribution is 0.1000. The van der Waals surface area contributed by atoms with E-state index in [0.717, 1.165) is 11.3 Å². The second kappa shape index (κ2) is 5.89. The van der Waals surface area contributed by atoms with Gasteiger partial charge in [0.05, 0.1) is 0 Å². The molecule has 2 rings (SSSR count). The van der Waals surface area contributed by atoms with Gasteiger partial charge >= 0.3 is 0 Å². The van der Waals surface area contributed by atoms with Crippen molar-refractivity contribution in [2.24, 2.45) is 5.73 Å². The van der Waals surface area contributed by atoms with E-state index in [4.69, 9.17) is 12.2 Å². The lowest BCUT2D eigenvalue weighted by atomic mass is 10.1. The van der Waals surface area contributed by atoms with Gasteiger partial charge in [0.15, 0.2) is 0 Å². The minimum Gasteiger partial charge on any atom is -0.381 e. The molecule has 2 aromatic rings. The average molecular weight is 268 g/mol. The van der Waals surface area contributed by atoms with Gasteiger partial charge in [-0.05, 0) is 36.4 Å². The Hall–Kier alpha value is -2.80. The Balaban J connectivity index is 2.16. The normalized spacial score (nSPS) is 9.80. The highest BCUT2D eigenvalue weighted by molar-refractivity contribution is 5.92. The summed E-state index contributed by atoms with van der Waals surface area (Å²) in [6, 6.07) is 11.3. The van der Waals surface area contributed by atoms with Gasteiger partial charge < -0.3 is 11.1 Å². The molecule has 20 heavy (non-hydrogen) atoms. The van der Waals surface area contributed by atoms with E-state index in [9.17, 15) is 9.18 Å². The highest BCUT2D eigenvalue weighted by atomic mass is 19.1. The van der Waals surface area contributed by atoms with E-state index in [1.807, 2.05) is 12.1 Å². The zero-order chi connectivity index (χ0) is 14.5. The number of hydrogen-bond donors (Lipinski definition) is 2. The summed E-state index contributed by atoms with van der Waals surface area (Å²) in [4.78, 5) is 11.1. The van der Waals surface area contributed by atoms with Crippen LogP contribution in [0.2, 0.25) is 0 Å². The van der Waals surface area contributed by atoms with E-state index in [2.05, 4.69) is 11.2 Å². The molecule has 1 amide bonds. The molecule has 0 aliphatic heterocycles.